The molecule has 0 saturated carbocycles. The van der Waals surface area contributed by atoms with Gasteiger partial charge in [-0.05, 0) is 43.6 Å². The highest BCUT2D eigenvalue weighted by molar-refractivity contribution is 8.76. The second-order valence-corrected chi connectivity index (χ2v) is 10.1. The van der Waals surface area contributed by atoms with Crippen LogP contribution in [-0.4, -0.2) is 47.4 Å². The van der Waals surface area contributed by atoms with Crippen molar-refractivity contribution >= 4 is 33.4 Å². The van der Waals surface area contributed by atoms with E-state index in [0.29, 0.717) is 18.1 Å². The molecule has 1 N–H and O–H groups in total. The lowest BCUT2D eigenvalue weighted by Gasteiger charge is -2.34. The predicted octanol–water partition coefficient (Wildman–Crippen LogP) is 3.91. The number of amides is 2. The van der Waals surface area contributed by atoms with Gasteiger partial charge in [0.2, 0.25) is 11.8 Å². The van der Waals surface area contributed by atoms with Crippen molar-refractivity contribution in [2.75, 3.05) is 24.6 Å². The lowest BCUT2D eigenvalue weighted by atomic mass is 9.90. The normalized spacial score (nSPS) is 23.3. The molecule has 1 aromatic rings. The molecule has 4 nitrogen and oxygen atoms in total. The number of benzene rings is 1. The van der Waals surface area contributed by atoms with E-state index in [1.807, 2.05) is 15.7 Å². The van der Waals surface area contributed by atoms with Gasteiger partial charge in [0.15, 0.2) is 0 Å². The number of rotatable bonds is 3. The van der Waals surface area contributed by atoms with Crippen molar-refractivity contribution < 1.29 is 9.59 Å². The number of carbonyl (C=O) groups is 2. The molecule has 2 saturated heterocycles. The third-order valence-electron chi connectivity index (χ3n) is 5.38. The summed E-state index contributed by atoms with van der Waals surface area (Å²) in [5.74, 6) is 2.54. The second-order valence-electron chi connectivity index (χ2n) is 7.50. The van der Waals surface area contributed by atoms with Gasteiger partial charge in [-0.3, -0.25) is 9.59 Å². The lowest BCUT2D eigenvalue weighted by Crippen LogP contribution is -2.52. The number of likely N-dealkylation sites (tertiary alicyclic amines) is 1. The largest absolute Gasteiger partial charge is 0.343 e. The Balaban J connectivity index is 1.50. The molecule has 0 aromatic heterocycles. The van der Waals surface area contributed by atoms with E-state index in [1.54, 1.807) is 10.8 Å². The number of piperidine rings is 1. The Bertz CT molecular complexity index is 603. The quantitative estimate of drug-likeness (QED) is 0.773. The van der Waals surface area contributed by atoms with Crippen LogP contribution in [0.25, 0.3) is 0 Å². The van der Waals surface area contributed by atoms with Gasteiger partial charge in [0.05, 0.1) is 0 Å². The molecule has 6 heteroatoms. The Morgan fingerprint density at radius 3 is 2.63 bits per heavy atom. The number of hydrogen-bond donors (Lipinski definition) is 1. The summed E-state index contributed by atoms with van der Waals surface area (Å²) < 4.78 is 0. The van der Waals surface area contributed by atoms with Gasteiger partial charge < -0.3 is 10.2 Å². The third-order valence-corrected chi connectivity index (χ3v) is 7.88. The molecule has 2 fully saturated rings. The molecule has 0 unspecified atom stereocenters. The maximum atomic E-state index is 13.0. The van der Waals surface area contributed by atoms with Crippen molar-refractivity contribution in [3.8, 4) is 0 Å². The third kappa shape index (κ3) is 6.75. The number of nitrogens with one attached hydrogen (secondary N) is 1. The first-order valence-corrected chi connectivity index (χ1v) is 12.6. The van der Waals surface area contributed by atoms with E-state index < -0.39 is 0 Å². The van der Waals surface area contributed by atoms with Crippen LogP contribution in [-0.2, 0) is 16.0 Å². The standard InChI is InChI=1S/C21H30N2O2S2/c24-20-9-5-2-6-14-26-27-16-19(22-20)21(25)23-12-10-18(11-13-23)15-17-7-3-1-4-8-17/h1,3-4,7-8,18-19H,2,5-6,9-16H2,(H,22,24)/t19-/m0/s1. The molecule has 2 amide bonds. The van der Waals surface area contributed by atoms with E-state index in [4.69, 9.17) is 0 Å². The summed E-state index contributed by atoms with van der Waals surface area (Å²) in [6, 6.07) is 10.2. The zero-order chi connectivity index (χ0) is 18.9. The van der Waals surface area contributed by atoms with Crippen molar-refractivity contribution in [1.29, 1.82) is 0 Å². The fraction of sp³-hybridized carbons (Fsp3) is 0.619. The first-order valence-electron chi connectivity index (χ1n) is 10.1. The number of hydrogen-bond acceptors (Lipinski definition) is 4. The fourth-order valence-corrected chi connectivity index (χ4v) is 6.07. The van der Waals surface area contributed by atoms with Crippen LogP contribution in [0, 0.1) is 5.92 Å². The first-order chi connectivity index (χ1) is 13.2. The zero-order valence-electron chi connectivity index (χ0n) is 15.9. The molecule has 2 aliphatic heterocycles. The van der Waals surface area contributed by atoms with Crippen LogP contribution in [0.2, 0.25) is 0 Å². The maximum Gasteiger partial charge on any atom is 0.246 e. The van der Waals surface area contributed by atoms with Gasteiger partial charge in [0.25, 0.3) is 0 Å². The predicted molar refractivity (Wildman–Crippen MR) is 115 cm³/mol. The Labute approximate surface area is 170 Å². The number of nitrogens with zero attached hydrogens (tertiary/aromatic N) is 1. The molecule has 2 heterocycles. The highest BCUT2D eigenvalue weighted by Crippen LogP contribution is 2.26. The highest BCUT2D eigenvalue weighted by atomic mass is 33.1. The summed E-state index contributed by atoms with van der Waals surface area (Å²) in [5.41, 5.74) is 1.38. The topological polar surface area (TPSA) is 49.4 Å². The van der Waals surface area contributed by atoms with E-state index in [-0.39, 0.29) is 17.9 Å². The van der Waals surface area contributed by atoms with Gasteiger partial charge in [0.1, 0.15) is 6.04 Å². The summed E-state index contributed by atoms with van der Waals surface area (Å²) in [6.07, 6.45) is 6.88. The SMILES string of the molecule is O=C1CCCCCSSC[C@@H](C(=O)N2CCC(Cc3ccccc3)CC2)N1. The average Bonchev–Trinajstić information content (AvgIpc) is 2.74. The van der Waals surface area contributed by atoms with Crippen LogP contribution >= 0.6 is 21.6 Å². The van der Waals surface area contributed by atoms with Gasteiger partial charge in [-0.15, -0.1) is 0 Å². The Morgan fingerprint density at radius 2 is 1.85 bits per heavy atom. The molecule has 0 aliphatic carbocycles. The fourth-order valence-electron chi connectivity index (χ4n) is 3.76. The van der Waals surface area contributed by atoms with Crippen LogP contribution in [0.5, 0.6) is 0 Å². The van der Waals surface area contributed by atoms with E-state index in [9.17, 15) is 9.59 Å². The minimum absolute atomic E-state index is 0.0276. The average molecular weight is 407 g/mol. The minimum atomic E-state index is -0.376. The summed E-state index contributed by atoms with van der Waals surface area (Å²) in [6.45, 7) is 1.61. The van der Waals surface area contributed by atoms with E-state index in [2.05, 4.69) is 35.6 Å². The van der Waals surface area contributed by atoms with Gasteiger partial charge in [-0.1, -0.05) is 58.3 Å². The smallest absolute Gasteiger partial charge is 0.246 e. The van der Waals surface area contributed by atoms with Crippen LogP contribution in [0.1, 0.15) is 44.1 Å². The molecule has 1 atom stereocenters. The molecule has 0 bridgehead atoms. The molecule has 27 heavy (non-hydrogen) atoms. The molecule has 1 aromatic carbocycles. The Morgan fingerprint density at radius 1 is 1.07 bits per heavy atom. The van der Waals surface area contributed by atoms with Crippen molar-refractivity contribution in [2.45, 2.75) is 51.0 Å². The van der Waals surface area contributed by atoms with Crippen LogP contribution in [0.3, 0.4) is 0 Å². The zero-order valence-corrected chi connectivity index (χ0v) is 17.5. The summed E-state index contributed by atoms with van der Waals surface area (Å²) in [7, 11) is 3.55. The van der Waals surface area contributed by atoms with Crippen molar-refractivity contribution in [3.05, 3.63) is 35.9 Å². The molecule has 0 radical (unpaired) electrons. The van der Waals surface area contributed by atoms with E-state index >= 15 is 0 Å². The molecular weight excluding hydrogens is 376 g/mol. The number of carbonyl (C=O) groups excluding carboxylic acids is 2. The lowest BCUT2D eigenvalue weighted by molar-refractivity contribution is -0.137. The monoisotopic (exact) mass is 406 g/mol. The van der Waals surface area contributed by atoms with Crippen molar-refractivity contribution in [3.63, 3.8) is 0 Å². The summed E-state index contributed by atoms with van der Waals surface area (Å²) >= 11 is 0. The van der Waals surface area contributed by atoms with Crippen LogP contribution in [0.4, 0.5) is 0 Å². The van der Waals surface area contributed by atoms with Crippen LogP contribution < -0.4 is 5.32 Å². The Hall–Kier alpha value is -1.14. The summed E-state index contributed by atoms with van der Waals surface area (Å²) in [5, 5.41) is 3.00. The van der Waals surface area contributed by atoms with Crippen LogP contribution in [0.15, 0.2) is 30.3 Å². The van der Waals surface area contributed by atoms with Crippen molar-refractivity contribution in [2.24, 2.45) is 5.92 Å². The molecule has 148 valence electrons. The van der Waals surface area contributed by atoms with E-state index in [1.165, 1.54) is 5.56 Å². The highest BCUT2D eigenvalue weighted by Gasteiger charge is 2.29. The first kappa shape index (κ1) is 20.6. The second kappa shape index (κ2) is 11.0. The Kier molecular flexibility index (Phi) is 8.39. The van der Waals surface area contributed by atoms with Gasteiger partial charge in [0, 0.05) is 31.0 Å². The maximum absolute atomic E-state index is 13.0. The molecule has 3 rings (SSSR count). The minimum Gasteiger partial charge on any atom is -0.343 e. The molecular formula is C21H30N2O2S2. The van der Waals surface area contributed by atoms with E-state index in [0.717, 1.165) is 57.4 Å². The van der Waals surface area contributed by atoms with Gasteiger partial charge in [-0.2, -0.15) is 0 Å². The van der Waals surface area contributed by atoms with Gasteiger partial charge in [-0.25, -0.2) is 0 Å². The van der Waals surface area contributed by atoms with Crippen molar-refractivity contribution in [1.82, 2.24) is 10.2 Å². The van der Waals surface area contributed by atoms with Gasteiger partial charge >= 0.3 is 0 Å². The molecule has 0 spiro atoms. The molecule has 2 aliphatic rings. The summed E-state index contributed by atoms with van der Waals surface area (Å²) in [4.78, 5) is 27.1.